The van der Waals surface area contributed by atoms with Gasteiger partial charge in [-0.1, -0.05) is 11.6 Å². The Kier molecular flexibility index (Phi) is 4.59. The molecule has 0 aliphatic heterocycles. The molecule has 92 valence electrons. The van der Waals surface area contributed by atoms with Crippen LogP contribution in [0.2, 0.25) is 5.02 Å². The van der Waals surface area contributed by atoms with Gasteiger partial charge in [-0.05, 0) is 12.1 Å². The van der Waals surface area contributed by atoms with Crippen LogP contribution < -0.4 is 20.6 Å². The van der Waals surface area contributed by atoms with Gasteiger partial charge in [0.25, 0.3) is 0 Å². The summed E-state index contributed by atoms with van der Waals surface area (Å²) in [5.41, 5.74) is 7.49. The van der Waals surface area contributed by atoms with Crippen LogP contribution in [0, 0.1) is 0 Å². The number of halogens is 1. The zero-order valence-electron chi connectivity index (χ0n) is 9.36. The number of rotatable bonds is 4. The minimum Gasteiger partial charge on any atom is -0.493 e. The molecule has 1 rings (SSSR count). The number of hydrazone groups is 1. The Labute approximate surface area is 103 Å². The lowest BCUT2D eigenvalue weighted by Gasteiger charge is -2.10. The summed E-state index contributed by atoms with van der Waals surface area (Å²) in [6.07, 6.45) is 1.36. The average molecular weight is 258 g/mol. The molecule has 0 atom stereocenters. The SMILES string of the molecule is COc1ccc(C=NNC(N)=O)c(Cl)c1OC. The number of nitrogens with zero attached hydrogens (tertiary/aromatic N) is 1. The molecule has 0 bridgehead atoms. The summed E-state index contributed by atoms with van der Waals surface area (Å²) in [6.45, 7) is 0. The van der Waals surface area contributed by atoms with Crippen LogP contribution >= 0.6 is 11.6 Å². The summed E-state index contributed by atoms with van der Waals surface area (Å²) in [7, 11) is 2.99. The number of hydrogen-bond acceptors (Lipinski definition) is 4. The highest BCUT2D eigenvalue weighted by atomic mass is 35.5. The van der Waals surface area contributed by atoms with Gasteiger partial charge in [-0.15, -0.1) is 0 Å². The van der Waals surface area contributed by atoms with Gasteiger partial charge in [0.1, 0.15) is 0 Å². The van der Waals surface area contributed by atoms with Crippen LogP contribution in [-0.4, -0.2) is 26.5 Å². The predicted octanol–water partition coefficient (Wildman–Crippen LogP) is 1.36. The van der Waals surface area contributed by atoms with Gasteiger partial charge in [0.05, 0.1) is 25.5 Å². The molecule has 0 aliphatic rings. The van der Waals surface area contributed by atoms with E-state index in [0.29, 0.717) is 22.1 Å². The van der Waals surface area contributed by atoms with E-state index < -0.39 is 6.03 Å². The summed E-state index contributed by atoms with van der Waals surface area (Å²) in [6, 6.07) is 2.60. The maximum Gasteiger partial charge on any atom is 0.332 e. The van der Waals surface area contributed by atoms with Crippen LogP contribution in [0.15, 0.2) is 17.2 Å². The lowest BCUT2D eigenvalue weighted by molar-refractivity contribution is 0.249. The van der Waals surface area contributed by atoms with Crippen LogP contribution in [0.25, 0.3) is 0 Å². The van der Waals surface area contributed by atoms with E-state index in [-0.39, 0.29) is 0 Å². The molecular formula is C10H12ClN3O3. The van der Waals surface area contributed by atoms with E-state index in [9.17, 15) is 4.79 Å². The molecule has 0 aliphatic carbocycles. The second kappa shape index (κ2) is 5.95. The van der Waals surface area contributed by atoms with E-state index >= 15 is 0 Å². The minimum absolute atomic E-state index is 0.335. The Morgan fingerprint density at radius 1 is 1.47 bits per heavy atom. The molecule has 17 heavy (non-hydrogen) atoms. The monoisotopic (exact) mass is 257 g/mol. The molecule has 0 saturated carbocycles. The number of nitrogens with one attached hydrogen (secondary N) is 1. The second-order valence-corrected chi connectivity index (χ2v) is 3.32. The van der Waals surface area contributed by atoms with Crippen molar-refractivity contribution >= 4 is 23.8 Å². The molecule has 0 radical (unpaired) electrons. The van der Waals surface area contributed by atoms with Gasteiger partial charge >= 0.3 is 6.03 Å². The van der Waals surface area contributed by atoms with E-state index in [1.807, 2.05) is 0 Å². The topological polar surface area (TPSA) is 85.9 Å². The fourth-order valence-corrected chi connectivity index (χ4v) is 1.45. The fourth-order valence-electron chi connectivity index (χ4n) is 1.17. The predicted molar refractivity (Wildman–Crippen MR) is 64.9 cm³/mol. The summed E-state index contributed by atoms with van der Waals surface area (Å²) < 4.78 is 10.2. The Bertz CT molecular complexity index is 449. The molecule has 7 heteroatoms. The number of benzene rings is 1. The van der Waals surface area contributed by atoms with Gasteiger partial charge in [-0.2, -0.15) is 5.10 Å². The van der Waals surface area contributed by atoms with Gasteiger partial charge < -0.3 is 15.2 Å². The van der Waals surface area contributed by atoms with Gasteiger partial charge in [0.15, 0.2) is 11.5 Å². The molecule has 2 amide bonds. The van der Waals surface area contributed by atoms with Crippen molar-refractivity contribution in [3.63, 3.8) is 0 Å². The smallest absolute Gasteiger partial charge is 0.332 e. The van der Waals surface area contributed by atoms with Crippen LogP contribution in [0.3, 0.4) is 0 Å². The van der Waals surface area contributed by atoms with E-state index in [2.05, 4.69) is 10.5 Å². The lowest BCUT2D eigenvalue weighted by atomic mass is 10.2. The van der Waals surface area contributed by atoms with Crippen molar-refractivity contribution in [2.45, 2.75) is 0 Å². The zero-order valence-corrected chi connectivity index (χ0v) is 10.1. The number of carbonyl (C=O) groups is 1. The van der Waals surface area contributed by atoms with E-state index in [1.165, 1.54) is 20.4 Å². The van der Waals surface area contributed by atoms with E-state index in [1.54, 1.807) is 12.1 Å². The zero-order chi connectivity index (χ0) is 12.8. The highest BCUT2D eigenvalue weighted by molar-refractivity contribution is 6.34. The lowest BCUT2D eigenvalue weighted by Crippen LogP contribution is -2.24. The first-order chi connectivity index (χ1) is 8.10. The summed E-state index contributed by atoms with van der Waals surface area (Å²) in [5.74, 6) is 0.912. The quantitative estimate of drug-likeness (QED) is 0.631. The van der Waals surface area contributed by atoms with Crippen LogP contribution in [0.1, 0.15) is 5.56 Å². The first-order valence-corrected chi connectivity index (χ1v) is 4.97. The Hall–Kier alpha value is -1.95. The van der Waals surface area contributed by atoms with E-state index in [4.69, 9.17) is 26.8 Å². The Morgan fingerprint density at radius 3 is 2.71 bits per heavy atom. The molecule has 0 spiro atoms. The normalized spacial score (nSPS) is 10.3. The number of nitrogens with two attached hydrogens (primary N) is 1. The largest absolute Gasteiger partial charge is 0.493 e. The first kappa shape index (κ1) is 13.1. The number of primary amides is 1. The third kappa shape index (κ3) is 3.25. The highest BCUT2D eigenvalue weighted by Gasteiger charge is 2.11. The molecule has 0 fully saturated rings. The number of carbonyl (C=O) groups excluding carboxylic acids is 1. The number of methoxy groups -OCH3 is 2. The van der Waals surface area contributed by atoms with Crippen LogP contribution in [0.4, 0.5) is 4.79 Å². The van der Waals surface area contributed by atoms with Crippen molar-refractivity contribution in [1.29, 1.82) is 0 Å². The van der Waals surface area contributed by atoms with Gasteiger partial charge in [0.2, 0.25) is 0 Å². The van der Waals surface area contributed by atoms with Gasteiger partial charge in [-0.3, -0.25) is 0 Å². The van der Waals surface area contributed by atoms with Crippen LogP contribution in [-0.2, 0) is 0 Å². The van der Waals surface area contributed by atoms with Crippen molar-refractivity contribution in [3.8, 4) is 11.5 Å². The summed E-state index contributed by atoms with van der Waals surface area (Å²) >= 11 is 6.07. The molecule has 0 heterocycles. The van der Waals surface area contributed by atoms with Crippen molar-refractivity contribution in [3.05, 3.63) is 22.7 Å². The minimum atomic E-state index is -0.752. The van der Waals surface area contributed by atoms with Crippen molar-refractivity contribution < 1.29 is 14.3 Å². The third-order valence-corrected chi connectivity index (χ3v) is 2.28. The fraction of sp³-hybridized carbons (Fsp3) is 0.200. The molecule has 0 unspecified atom stereocenters. The maximum atomic E-state index is 10.4. The van der Waals surface area contributed by atoms with Crippen molar-refractivity contribution in [2.24, 2.45) is 10.8 Å². The highest BCUT2D eigenvalue weighted by Crippen LogP contribution is 2.36. The molecule has 0 aromatic heterocycles. The maximum absolute atomic E-state index is 10.4. The first-order valence-electron chi connectivity index (χ1n) is 4.59. The standard InChI is InChI=1S/C10H12ClN3O3/c1-16-7-4-3-6(5-13-14-10(12)15)8(11)9(7)17-2/h3-5H,1-2H3,(H3,12,14,15). The van der Waals surface area contributed by atoms with Crippen molar-refractivity contribution in [1.82, 2.24) is 5.43 Å². The molecule has 1 aromatic rings. The summed E-state index contributed by atoms with van der Waals surface area (Å²) in [5, 5.41) is 3.94. The Morgan fingerprint density at radius 2 is 2.18 bits per heavy atom. The van der Waals surface area contributed by atoms with E-state index in [0.717, 1.165) is 0 Å². The Balaban J connectivity index is 3.02. The second-order valence-electron chi connectivity index (χ2n) is 2.94. The molecule has 1 aromatic carbocycles. The molecular weight excluding hydrogens is 246 g/mol. The number of amides is 2. The number of hydrogen-bond donors (Lipinski definition) is 2. The van der Waals surface area contributed by atoms with Crippen LogP contribution in [0.5, 0.6) is 11.5 Å². The third-order valence-electron chi connectivity index (χ3n) is 1.89. The van der Waals surface area contributed by atoms with Gasteiger partial charge in [0, 0.05) is 5.56 Å². The summed E-state index contributed by atoms with van der Waals surface area (Å²) in [4.78, 5) is 10.4. The molecule has 6 nitrogen and oxygen atoms in total. The molecule has 0 saturated heterocycles. The van der Waals surface area contributed by atoms with Crippen molar-refractivity contribution in [2.75, 3.05) is 14.2 Å². The number of ether oxygens (including phenoxy) is 2. The number of urea groups is 1. The molecule has 3 N–H and O–H groups in total. The average Bonchev–Trinajstić information content (AvgIpc) is 2.30. The van der Waals surface area contributed by atoms with Gasteiger partial charge in [-0.25, -0.2) is 10.2 Å².